The van der Waals surface area contributed by atoms with Gasteiger partial charge in [0.1, 0.15) is 4.90 Å². The van der Waals surface area contributed by atoms with Crippen molar-refractivity contribution >= 4 is 21.6 Å². The summed E-state index contributed by atoms with van der Waals surface area (Å²) in [5, 5.41) is -0.187. The van der Waals surface area contributed by atoms with Crippen molar-refractivity contribution in [3.63, 3.8) is 0 Å². The molecule has 0 amide bonds. The third kappa shape index (κ3) is 2.91. The van der Waals surface area contributed by atoms with Gasteiger partial charge in [-0.1, -0.05) is 17.7 Å². The number of sulfonamides is 1. The minimum Gasteiger partial charge on any atom is -0.330 e. The summed E-state index contributed by atoms with van der Waals surface area (Å²) in [5.41, 5.74) is 5.58. The molecule has 2 rings (SSSR count). The number of piperidine rings is 1. The minimum atomic E-state index is -3.84. The van der Waals surface area contributed by atoms with Gasteiger partial charge < -0.3 is 5.73 Å². The van der Waals surface area contributed by atoms with E-state index in [1.807, 2.05) is 0 Å². The van der Waals surface area contributed by atoms with Crippen LogP contribution in [0.4, 0.5) is 4.39 Å². The summed E-state index contributed by atoms with van der Waals surface area (Å²) in [6.45, 7) is 1.17. The number of hydrogen-bond donors (Lipinski definition) is 1. The second-order valence-corrected chi connectivity index (χ2v) is 6.97. The van der Waals surface area contributed by atoms with E-state index in [0.717, 1.165) is 12.8 Å². The van der Waals surface area contributed by atoms with Gasteiger partial charge in [-0.15, -0.1) is 0 Å². The molecule has 19 heavy (non-hydrogen) atoms. The molecular formula is C12H16ClFN2O2S. The standard InChI is InChI=1S/C12H16ClFN2O2S/c13-10-4-1-5-11(12(10)14)19(17,18)16-6-2-3-9(7-15)8-16/h1,4-5,9H,2-3,6-8,15H2. The number of benzene rings is 1. The van der Waals surface area contributed by atoms with Crippen molar-refractivity contribution in [1.29, 1.82) is 0 Å². The van der Waals surface area contributed by atoms with Crippen LogP contribution in [0.5, 0.6) is 0 Å². The lowest BCUT2D eigenvalue weighted by Crippen LogP contribution is -2.42. The van der Waals surface area contributed by atoms with Crippen LogP contribution in [0.3, 0.4) is 0 Å². The van der Waals surface area contributed by atoms with Crippen LogP contribution in [0.25, 0.3) is 0 Å². The molecular weight excluding hydrogens is 291 g/mol. The maximum atomic E-state index is 13.9. The van der Waals surface area contributed by atoms with Gasteiger partial charge in [-0.05, 0) is 37.4 Å². The molecule has 106 valence electrons. The van der Waals surface area contributed by atoms with Gasteiger partial charge in [0, 0.05) is 13.1 Å². The Morgan fingerprint density at radius 2 is 2.21 bits per heavy atom. The first kappa shape index (κ1) is 14.7. The van der Waals surface area contributed by atoms with E-state index in [2.05, 4.69) is 0 Å². The van der Waals surface area contributed by atoms with E-state index in [4.69, 9.17) is 17.3 Å². The lowest BCUT2D eigenvalue weighted by molar-refractivity contribution is 0.271. The van der Waals surface area contributed by atoms with Crippen LogP contribution in [0.2, 0.25) is 5.02 Å². The summed E-state index contributed by atoms with van der Waals surface area (Å²) in [4.78, 5) is -0.363. The average Bonchev–Trinajstić information content (AvgIpc) is 2.41. The molecule has 0 spiro atoms. The molecule has 1 aliphatic rings. The fraction of sp³-hybridized carbons (Fsp3) is 0.500. The fourth-order valence-corrected chi connectivity index (χ4v) is 4.13. The molecule has 0 aromatic heterocycles. The van der Waals surface area contributed by atoms with Crippen molar-refractivity contribution in [2.45, 2.75) is 17.7 Å². The minimum absolute atomic E-state index is 0.130. The largest absolute Gasteiger partial charge is 0.330 e. The van der Waals surface area contributed by atoms with Crippen LogP contribution in [0, 0.1) is 11.7 Å². The molecule has 1 aromatic rings. The Morgan fingerprint density at radius 1 is 1.47 bits per heavy atom. The Hall–Kier alpha value is -0.690. The molecule has 1 atom stereocenters. The van der Waals surface area contributed by atoms with Crippen molar-refractivity contribution < 1.29 is 12.8 Å². The highest BCUT2D eigenvalue weighted by atomic mass is 35.5. The lowest BCUT2D eigenvalue weighted by Gasteiger charge is -2.31. The number of rotatable bonds is 3. The normalized spacial score (nSPS) is 21.5. The van der Waals surface area contributed by atoms with Crippen molar-refractivity contribution in [3.05, 3.63) is 29.0 Å². The van der Waals surface area contributed by atoms with Gasteiger partial charge in [0.2, 0.25) is 10.0 Å². The van der Waals surface area contributed by atoms with Crippen LogP contribution < -0.4 is 5.73 Å². The highest BCUT2D eigenvalue weighted by molar-refractivity contribution is 7.89. The molecule has 1 aromatic carbocycles. The molecule has 1 heterocycles. The quantitative estimate of drug-likeness (QED) is 0.927. The third-order valence-electron chi connectivity index (χ3n) is 3.35. The Bertz CT molecular complexity index is 565. The van der Waals surface area contributed by atoms with Gasteiger partial charge in [0.05, 0.1) is 5.02 Å². The smallest absolute Gasteiger partial charge is 0.246 e. The zero-order valence-corrected chi connectivity index (χ0v) is 11.9. The summed E-state index contributed by atoms with van der Waals surface area (Å²) in [5.74, 6) is -0.759. The second-order valence-electron chi connectivity index (χ2n) is 4.66. The zero-order valence-electron chi connectivity index (χ0n) is 10.4. The molecule has 0 bridgehead atoms. The Morgan fingerprint density at radius 3 is 2.89 bits per heavy atom. The Labute approximate surface area is 117 Å². The number of nitrogens with two attached hydrogens (primary N) is 1. The van der Waals surface area contributed by atoms with Gasteiger partial charge in [-0.3, -0.25) is 0 Å². The molecule has 1 aliphatic heterocycles. The molecule has 1 unspecified atom stereocenters. The molecule has 1 saturated heterocycles. The summed E-state index contributed by atoms with van der Waals surface area (Å²) < 4.78 is 40.0. The predicted molar refractivity (Wildman–Crippen MR) is 71.9 cm³/mol. The Balaban J connectivity index is 2.34. The van der Waals surface area contributed by atoms with E-state index >= 15 is 0 Å². The summed E-state index contributed by atoms with van der Waals surface area (Å²) in [6.07, 6.45) is 1.64. The van der Waals surface area contributed by atoms with Gasteiger partial charge in [-0.2, -0.15) is 4.31 Å². The van der Waals surface area contributed by atoms with E-state index in [9.17, 15) is 12.8 Å². The van der Waals surface area contributed by atoms with Gasteiger partial charge >= 0.3 is 0 Å². The number of hydrogen-bond acceptors (Lipinski definition) is 3. The molecule has 0 aliphatic carbocycles. The summed E-state index contributed by atoms with van der Waals surface area (Å²) in [7, 11) is -3.84. The van der Waals surface area contributed by atoms with E-state index in [0.29, 0.717) is 19.6 Å². The third-order valence-corrected chi connectivity index (χ3v) is 5.52. The number of nitrogens with zero attached hydrogens (tertiary/aromatic N) is 1. The predicted octanol–water partition coefficient (Wildman–Crippen LogP) is 1.84. The van der Waals surface area contributed by atoms with Crippen molar-refractivity contribution in [2.75, 3.05) is 19.6 Å². The van der Waals surface area contributed by atoms with Crippen LogP contribution in [-0.4, -0.2) is 32.4 Å². The summed E-state index contributed by atoms with van der Waals surface area (Å²) >= 11 is 5.64. The average molecular weight is 307 g/mol. The molecule has 1 fully saturated rings. The molecule has 0 radical (unpaired) electrons. The molecule has 0 saturated carbocycles. The monoisotopic (exact) mass is 306 g/mol. The highest BCUT2D eigenvalue weighted by Crippen LogP contribution is 2.27. The maximum Gasteiger partial charge on any atom is 0.246 e. The zero-order chi connectivity index (χ0) is 14.0. The van der Waals surface area contributed by atoms with Crippen molar-refractivity contribution in [3.8, 4) is 0 Å². The van der Waals surface area contributed by atoms with Crippen molar-refractivity contribution in [1.82, 2.24) is 4.31 Å². The van der Waals surface area contributed by atoms with E-state index in [1.54, 1.807) is 0 Å². The summed E-state index contributed by atoms with van der Waals surface area (Å²) in [6, 6.07) is 4.00. The first-order valence-corrected chi connectivity index (χ1v) is 7.93. The van der Waals surface area contributed by atoms with Crippen LogP contribution in [0.1, 0.15) is 12.8 Å². The molecule has 7 heteroatoms. The molecule has 4 nitrogen and oxygen atoms in total. The number of halogens is 2. The van der Waals surface area contributed by atoms with Crippen LogP contribution >= 0.6 is 11.6 Å². The van der Waals surface area contributed by atoms with E-state index < -0.39 is 15.8 Å². The van der Waals surface area contributed by atoms with Gasteiger partial charge in [0.25, 0.3) is 0 Å². The van der Waals surface area contributed by atoms with Gasteiger partial charge in [-0.25, -0.2) is 12.8 Å². The van der Waals surface area contributed by atoms with Crippen molar-refractivity contribution in [2.24, 2.45) is 11.7 Å². The second kappa shape index (κ2) is 5.75. The van der Waals surface area contributed by atoms with Crippen LogP contribution in [-0.2, 0) is 10.0 Å². The fourth-order valence-electron chi connectivity index (χ4n) is 2.26. The topological polar surface area (TPSA) is 63.4 Å². The Kier molecular flexibility index (Phi) is 4.45. The molecule has 2 N–H and O–H groups in total. The first-order chi connectivity index (χ1) is 8.96. The lowest BCUT2D eigenvalue weighted by atomic mass is 10.0. The maximum absolute atomic E-state index is 13.9. The van der Waals surface area contributed by atoms with Gasteiger partial charge in [0.15, 0.2) is 5.82 Å². The van der Waals surface area contributed by atoms with E-state index in [-0.39, 0.29) is 15.8 Å². The van der Waals surface area contributed by atoms with E-state index in [1.165, 1.54) is 22.5 Å². The first-order valence-electron chi connectivity index (χ1n) is 6.11. The SMILES string of the molecule is NCC1CCCN(S(=O)(=O)c2cccc(Cl)c2F)C1. The van der Waals surface area contributed by atoms with Crippen LogP contribution in [0.15, 0.2) is 23.1 Å². The highest BCUT2D eigenvalue weighted by Gasteiger charge is 2.32.